The van der Waals surface area contributed by atoms with Crippen LogP contribution in [0.2, 0.25) is 0 Å². The molecule has 3 aromatic rings. The van der Waals surface area contributed by atoms with Crippen LogP contribution in [0.15, 0.2) is 24.4 Å². The number of aromatic nitrogens is 3. The van der Waals surface area contributed by atoms with Crippen LogP contribution < -0.4 is 14.4 Å². The summed E-state index contributed by atoms with van der Waals surface area (Å²) < 4.78 is 12.9. The second kappa shape index (κ2) is 9.58. The van der Waals surface area contributed by atoms with E-state index in [9.17, 15) is 0 Å². The molecule has 0 radical (unpaired) electrons. The Morgan fingerprint density at radius 1 is 1.00 bits per heavy atom. The minimum atomic E-state index is 0.710. The molecule has 0 N–H and O–H groups in total. The first kappa shape index (κ1) is 21.5. The van der Waals surface area contributed by atoms with Crippen LogP contribution in [0.5, 0.6) is 11.5 Å². The molecule has 2 aromatic heterocycles. The Kier molecular flexibility index (Phi) is 6.64. The summed E-state index contributed by atoms with van der Waals surface area (Å²) in [6.07, 6.45) is 10.8. The van der Waals surface area contributed by atoms with Crippen molar-refractivity contribution >= 4 is 11.5 Å². The summed E-state index contributed by atoms with van der Waals surface area (Å²) in [7, 11) is 3.31. The van der Waals surface area contributed by atoms with Gasteiger partial charge in [-0.05, 0) is 37.5 Å². The number of anilines is 1. The van der Waals surface area contributed by atoms with Gasteiger partial charge in [-0.2, -0.15) is 9.61 Å². The average molecular weight is 423 g/mol. The van der Waals surface area contributed by atoms with E-state index in [0.717, 1.165) is 47.7 Å². The molecule has 0 fully saturated rings. The van der Waals surface area contributed by atoms with Crippen LogP contribution >= 0.6 is 0 Å². The van der Waals surface area contributed by atoms with Gasteiger partial charge in [0, 0.05) is 29.9 Å². The summed E-state index contributed by atoms with van der Waals surface area (Å²) >= 11 is 0. The second-order valence-electron chi connectivity index (χ2n) is 8.37. The van der Waals surface area contributed by atoms with E-state index < -0.39 is 0 Å². The van der Waals surface area contributed by atoms with Crippen LogP contribution in [0.3, 0.4) is 0 Å². The Hall–Kier alpha value is -2.76. The summed E-state index contributed by atoms with van der Waals surface area (Å²) in [6.45, 7) is 6.53. The highest BCUT2D eigenvalue weighted by molar-refractivity contribution is 5.80. The monoisotopic (exact) mass is 422 g/mol. The van der Waals surface area contributed by atoms with Crippen molar-refractivity contribution in [1.29, 1.82) is 0 Å². The Labute approximate surface area is 185 Å². The van der Waals surface area contributed by atoms with Gasteiger partial charge in [0.2, 0.25) is 0 Å². The molecule has 0 bridgehead atoms. The number of ether oxygens (including phenoxy) is 2. The van der Waals surface area contributed by atoms with E-state index >= 15 is 0 Å². The number of aryl methyl sites for hydroxylation is 1. The van der Waals surface area contributed by atoms with Crippen LogP contribution in [0.1, 0.15) is 56.7 Å². The number of hydrogen-bond acceptors (Lipinski definition) is 5. The van der Waals surface area contributed by atoms with Crippen molar-refractivity contribution in [3.05, 3.63) is 35.7 Å². The third-order valence-electron chi connectivity index (χ3n) is 6.33. The number of rotatable bonds is 10. The molecule has 31 heavy (non-hydrogen) atoms. The van der Waals surface area contributed by atoms with Crippen molar-refractivity contribution in [2.24, 2.45) is 0 Å². The van der Waals surface area contributed by atoms with Crippen LogP contribution in [-0.4, -0.2) is 41.9 Å². The predicted octanol–water partition coefficient (Wildman–Crippen LogP) is 5.44. The Bertz CT molecular complexity index is 1040. The number of unbranched alkanes of at least 4 members (excludes halogenated alkanes) is 5. The van der Waals surface area contributed by atoms with Crippen molar-refractivity contribution in [2.45, 2.75) is 58.8 Å². The van der Waals surface area contributed by atoms with Crippen LogP contribution in [0, 0.1) is 6.92 Å². The molecule has 0 spiro atoms. The molecule has 1 aromatic carbocycles. The number of methoxy groups -OCH3 is 2. The first-order chi connectivity index (χ1) is 15.2. The number of fused-ring (bicyclic) bond motifs is 3. The molecule has 4 rings (SSSR count). The largest absolute Gasteiger partial charge is 0.493 e. The molecule has 0 unspecified atom stereocenters. The molecule has 6 nitrogen and oxygen atoms in total. The Morgan fingerprint density at radius 3 is 2.55 bits per heavy atom. The smallest absolute Gasteiger partial charge is 0.165 e. The number of nitrogens with zero attached hydrogens (tertiary/aromatic N) is 4. The minimum Gasteiger partial charge on any atom is -0.493 e. The van der Waals surface area contributed by atoms with Crippen molar-refractivity contribution in [3.63, 3.8) is 0 Å². The molecule has 166 valence electrons. The van der Waals surface area contributed by atoms with Crippen molar-refractivity contribution < 1.29 is 9.47 Å². The lowest BCUT2D eigenvalue weighted by molar-refractivity contribution is 0.355. The van der Waals surface area contributed by atoms with E-state index in [-0.39, 0.29) is 0 Å². The third kappa shape index (κ3) is 4.21. The predicted molar refractivity (Wildman–Crippen MR) is 126 cm³/mol. The number of benzene rings is 1. The number of hydrogen-bond donors (Lipinski definition) is 0. The maximum absolute atomic E-state index is 5.50. The highest BCUT2D eigenvalue weighted by atomic mass is 16.5. The van der Waals surface area contributed by atoms with E-state index in [4.69, 9.17) is 19.6 Å². The molecule has 0 amide bonds. The summed E-state index contributed by atoms with van der Waals surface area (Å²) in [5, 5.41) is 4.77. The molecule has 0 saturated heterocycles. The molecule has 1 aliphatic heterocycles. The molecule has 0 aliphatic carbocycles. The van der Waals surface area contributed by atoms with Crippen molar-refractivity contribution in [1.82, 2.24) is 14.6 Å². The maximum atomic E-state index is 5.50. The van der Waals surface area contributed by atoms with Crippen LogP contribution in [0.25, 0.3) is 16.8 Å². The quantitative estimate of drug-likeness (QED) is 0.407. The fraction of sp³-hybridized carbons (Fsp3) is 0.520. The first-order valence-electron chi connectivity index (χ1n) is 11.5. The van der Waals surface area contributed by atoms with E-state index in [0.29, 0.717) is 5.75 Å². The normalized spacial score (nSPS) is 13.1. The summed E-state index contributed by atoms with van der Waals surface area (Å²) in [4.78, 5) is 7.45. The molecular weight excluding hydrogens is 388 g/mol. The lowest BCUT2D eigenvalue weighted by Gasteiger charge is -2.20. The molecule has 0 atom stereocenters. The molecule has 6 heteroatoms. The summed E-state index contributed by atoms with van der Waals surface area (Å²) in [5.41, 5.74) is 5.38. The van der Waals surface area contributed by atoms with Gasteiger partial charge in [0.15, 0.2) is 17.1 Å². The Morgan fingerprint density at radius 2 is 1.77 bits per heavy atom. The fourth-order valence-corrected chi connectivity index (χ4v) is 4.60. The van der Waals surface area contributed by atoms with Gasteiger partial charge in [-0.25, -0.2) is 4.98 Å². The van der Waals surface area contributed by atoms with Gasteiger partial charge in [0.05, 0.1) is 20.4 Å². The van der Waals surface area contributed by atoms with Crippen molar-refractivity contribution in [3.8, 4) is 22.6 Å². The molecular formula is C25H34N4O2. The van der Waals surface area contributed by atoms with Crippen molar-refractivity contribution in [2.75, 3.05) is 32.2 Å². The van der Waals surface area contributed by atoms with E-state index in [1.807, 2.05) is 28.9 Å². The molecule has 0 saturated carbocycles. The van der Waals surface area contributed by atoms with E-state index in [2.05, 4.69) is 18.7 Å². The zero-order valence-electron chi connectivity index (χ0n) is 19.3. The lowest BCUT2D eigenvalue weighted by atomic mass is 10.1. The third-order valence-corrected chi connectivity index (χ3v) is 6.33. The van der Waals surface area contributed by atoms with E-state index in [1.165, 1.54) is 49.9 Å². The highest BCUT2D eigenvalue weighted by Crippen LogP contribution is 2.37. The van der Waals surface area contributed by atoms with Crippen LogP contribution in [0.4, 0.5) is 5.82 Å². The van der Waals surface area contributed by atoms with Gasteiger partial charge < -0.3 is 14.4 Å². The standard InChI is InChI=1S/C25H34N4O2/c1-5-6-7-8-9-10-14-28-15-13-20-18(2)27-24-21(17-26-29(24)25(20)28)19-11-12-22(30-3)23(16-19)31-4/h11-12,16-17H,5-10,13-15H2,1-4H3. The zero-order valence-corrected chi connectivity index (χ0v) is 19.3. The van der Waals surface area contributed by atoms with Gasteiger partial charge in [-0.1, -0.05) is 45.1 Å². The van der Waals surface area contributed by atoms with Gasteiger partial charge in [-0.3, -0.25) is 0 Å². The average Bonchev–Trinajstić information content (AvgIpc) is 3.40. The summed E-state index contributed by atoms with van der Waals surface area (Å²) in [5.74, 6) is 2.66. The Balaban J connectivity index is 1.62. The summed E-state index contributed by atoms with van der Waals surface area (Å²) in [6, 6.07) is 5.97. The van der Waals surface area contributed by atoms with Crippen LogP contribution in [-0.2, 0) is 6.42 Å². The van der Waals surface area contributed by atoms with E-state index in [1.54, 1.807) is 14.2 Å². The zero-order chi connectivity index (χ0) is 21.8. The topological polar surface area (TPSA) is 51.9 Å². The molecule has 3 heterocycles. The SMILES string of the molecule is CCCCCCCCN1CCc2c(C)nc3c(-c4ccc(OC)c(OC)c4)cnn3c21. The van der Waals surface area contributed by atoms with Gasteiger partial charge in [-0.15, -0.1) is 0 Å². The van der Waals surface area contributed by atoms with Gasteiger partial charge in [0.25, 0.3) is 0 Å². The maximum Gasteiger partial charge on any atom is 0.165 e. The minimum absolute atomic E-state index is 0.710. The van der Waals surface area contributed by atoms with Gasteiger partial charge in [0.1, 0.15) is 5.82 Å². The second-order valence-corrected chi connectivity index (χ2v) is 8.37. The lowest BCUT2D eigenvalue weighted by Crippen LogP contribution is -2.24. The molecule has 1 aliphatic rings. The fourth-order valence-electron chi connectivity index (χ4n) is 4.60. The first-order valence-corrected chi connectivity index (χ1v) is 11.5. The van der Waals surface area contributed by atoms with Gasteiger partial charge >= 0.3 is 0 Å². The highest BCUT2D eigenvalue weighted by Gasteiger charge is 2.26.